The van der Waals surface area contributed by atoms with E-state index in [9.17, 15) is 24.3 Å². The lowest BCUT2D eigenvalue weighted by Gasteiger charge is -2.40. The van der Waals surface area contributed by atoms with E-state index in [4.69, 9.17) is 0 Å². The van der Waals surface area contributed by atoms with Gasteiger partial charge < -0.3 is 19.8 Å². The maximum absolute atomic E-state index is 13.2. The van der Waals surface area contributed by atoms with Crippen LogP contribution in [0.1, 0.15) is 84.8 Å². The van der Waals surface area contributed by atoms with Crippen LogP contribution in [-0.2, 0) is 20.9 Å². The molecule has 3 aromatic rings. The Bertz CT molecular complexity index is 2170. The summed E-state index contributed by atoms with van der Waals surface area (Å²) >= 11 is 0. The van der Waals surface area contributed by atoms with E-state index in [-0.39, 0.29) is 24.1 Å². The van der Waals surface area contributed by atoms with Crippen molar-refractivity contribution in [2.24, 2.45) is 5.92 Å². The molecule has 10 heteroatoms. The first-order chi connectivity index (χ1) is 27.8. The van der Waals surface area contributed by atoms with Gasteiger partial charge in [-0.25, -0.2) is 4.79 Å². The lowest BCUT2D eigenvalue weighted by atomic mass is 9.82. The third-order valence-electron chi connectivity index (χ3n) is 13.2. The first-order valence-corrected chi connectivity index (χ1v) is 20.8. The number of nitrogens with one attached hydrogen (secondary N) is 1. The number of carboxylic acids is 1. The van der Waals surface area contributed by atoms with Crippen LogP contribution in [0.5, 0.6) is 0 Å². The molecular formula is C47H51N5O5. The smallest absolute Gasteiger partial charge is 0.331 e. The van der Waals surface area contributed by atoms with Gasteiger partial charge in [0.1, 0.15) is 6.04 Å². The number of fused-ring (bicyclic) bond motifs is 1. The monoisotopic (exact) mass is 765 g/mol. The molecule has 3 amide bonds. The summed E-state index contributed by atoms with van der Waals surface area (Å²) in [5.74, 6) is -0.909. The molecule has 9 rings (SSSR count). The zero-order valence-corrected chi connectivity index (χ0v) is 32.6. The topological polar surface area (TPSA) is 114 Å². The van der Waals surface area contributed by atoms with Gasteiger partial charge in [0.25, 0.3) is 5.91 Å². The van der Waals surface area contributed by atoms with E-state index in [1.165, 1.54) is 51.9 Å². The molecule has 3 fully saturated rings. The number of anilines is 2. The fourth-order valence-electron chi connectivity index (χ4n) is 10.0. The SMILES string of the molecule is O=C1CC[C@H](N2Cc3cc(N4CCN(CC5CCN(c6ccc(C7=C(c8ccccc8)CCCC8=C7CCC(C(=O)O)=C8)cc6)CC5)CC4)ccc3C2=O)C(=O)N1. The summed E-state index contributed by atoms with van der Waals surface area (Å²) in [4.78, 5) is 58.3. The maximum Gasteiger partial charge on any atom is 0.331 e. The van der Waals surface area contributed by atoms with Gasteiger partial charge in [0, 0.05) is 81.3 Å². The standard InChI is InChI=1S/C47H51N5O5/c53-43-18-17-42(45(54)48-43)52-30-36-28-38(14-16-41(36)46(52)55)51-25-23-49(24-26-51)29-31-19-21-50(22-20-31)37-12-9-33(10-13-37)44-39(32-5-2-1-3-6-32)8-4-7-34-27-35(47(56)57)11-15-40(34)44/h1-3,5-6,9-10,12-14,16,27-28,31,42H,4,7-8,11,15,17-26,29-30H2,(H,56,57)(H,48,53,54)/t42-/m0/s1. The fraction of sp³-hybridized carbons (Fsp3) is 0.404. The molecule has 57 heavy (non-hydrogen) atoms. The van der Waals surface area contributed by atoms with E-state index in [2.05, 4.69) is 80.7 Å². The largest absolute Gasteiger partial charge is 0.478 e. The molecule has 2 aliphatic carbocycles. The number of rotatable bonds is 8. The predicted molar refractivity (Wildman–Crippen MR) is 222 cm³/mol. The molecule has 4 heterocycles. The van der Waals surface area contributed by atoms with Crippen LogP contribution in [0, 0.1) is 5.92 Å². The van der Waals surface area contributed by atoms with Crippen LogP contribution in [0.4, 0.5) is 11.4 Å². The summed E-state index contributed by atoms with van der Waals surface area (Å²) < 4.78 is 0. The van der Waals surface area contributed by atoms with Crippen molar-refractivity contribution >= 4 is 46.2 Å². The third kappa shape index (κ3) is 7.55. The second-order valence-corrected chi connectivity index (χ2v) is 16.6. The number of hydrogen-bond donors (Lipinski definition) is 2. The van der Waals surface area contributed by atoms with Crippen molar-refractivity contribution < 1.29 is 24.3 Å². The van der Waals surface area contributed by atoms with E-state index >= 15 is 0 Å². The van der Waals surface area contributed by atoms with Gasteiger partial charge in [-0.2, -0.15) is 0 Å². The van der Waals surface area contributed by atoms with Crippen LogP contribution in [-0.4, -0.2) is 90.5 Å². The van der Waals surface area contributed by atoms with Crippen LogP contribution in [0.3, 0.4) is 0 Å². The van der Waals surface area contributed by atoms with Crippen LogP contribution in [0.25, 0.3) is 11.1 Å². The number of carboxylic acid groups (broad SMARTS) is 1. The third-order valence-corrected chi connectivity index (χ3v) is 13.2. The number of piperidine rings is 2. The minimum atomic E-state index is -0.801. The molecule has 0 unspecified atom stereocenters. The number of amides is 3. The summed E-state index contributed by atoms with van der Waals surface area (Å²) in [5.41, 5.74) is 12.2. The van der Waals surface area contributed by atoms with Gasteiger partial charge in [-0.05, 0) is 133 Å². The van der Waals surface area contributed by atoms with E-state index in [0.717, 1.165) is 82.7 Å². The highest BCUT2D eigenvalue weighted by Crippen LogP contribution is 2.45. The molecule has 0 saturated carbocycles. The van der Waals surface area contributed by atoms with Crippen molar-refractivity contribution in [1.82, 2.24) is 15.1 Å². The molecule has 294 valence electrons. The summed E-state index contributed by atoms with van der Waals surface area (Å²) in [6.45, 7) is 7.50. The summed E-state index contributed by atoms with van der Waals surface area (Å²) in [6.07, 6.45) is 9.12. The number of piperazine rings is 1. The Morgan fingerprint density at radius 1 is 0.719 bits per heavy atom. The van der Waals surface area contributed by atoms with Crippen LogP contribution in [0.2, 0.25) is 0 Å². The van der Waals surface area contributed by atoms with Gasteiger partial charge in [-0.15, -0.1) is 0 Å². The zero-order chi connectivity index (χ0) is 39.0. The van der Waals surface area contributed by atoms with Crippen molar-refractivity contribution in [3.8, 4) is 0 Å². The first kappa shape index (κ1) is 37.1. The van der Waals surface area contributed by atoms with E-state index in [0.29, 0.717) is 36.4 Å². The maximum atomic E-state index is 13.2. The minimum absolute atomic E-state index is 0.128. The Labute approximate surface area is 334 Å². The summed E-state index contributed by atoms with van der Waals surface area (Å²) in [5, 5.41) is 12.1. The second kappa shape index (κ2) is 15.8. The molecule has 0 spiro atoms. The summed E-state index contributed by atoms with van der Waals surface area (Å²) in [7, 11) is 0. The van der Waals surface area contributed by atoms with Crippen molar-refractivity contribution in [3.63, 3.8) is 0 Å². The molecule has 3 aromatic carbocycles. The number of carbonyl (C=O) groups excluding carboxylic acids is 3. The van der Waals surface area contributed by atoms with Gasteiger partial charge in [-0.3, -0.25) is 24.6 Å². The Kier molecular flexibility index (Phi) is 10.3. The van der Waals surface area contributed by atoms with Crippen molar-refractivity contribution in [2.75, 3.05) is 55.6 Å². The molecule has 2 N–H and O–H groups in total. The molecular weight excluding hydrogens is 715 g/mol. The molecule has 0 aromatic heterocycles. The van der Waals surface area contributed by atoms with Gasteiger partial charge in [0.05, 0.1) is 0 Å². The van der Waals surface area contributed by atoms with Gasteiger partial charge in [0.15, 0.2) is 0 Å². The number of carbonyl (C=O) groups is 4. The van der Waals surface area contributed by atoms with Gasteiger partial charge in [0.2, 0.25) is 11.8 Å². The number of allylic oxidation sites excluding steroid dienone is 5. The van der Waals surface area contributed by atoms with E-state index < -0.39 is 12.0 Å². The average molecular weight is 766 g/mol. The fourth-order valence-corrected chi connectivity index (χ4v) is 10.0. The highest BCUT2D eigenvalue weighted by molar-refractivity contribution is 6.05. The van der Waals surface area contributed by atoms with E-state index in [1.54, 1.807) is 4.90 Å². The minimum Gasteiger partial charge on any atom is -0.478 e. The molecule has 0 radical (unpaired) electrons. The molecule has 1 atom stereocenters. The molecule has 6 aliphatic rings. The first-order valence-electron chi connectivity index (χ1n) is 20.8. The van der Waals surface area contributed by atoms with Crippen LogP contribution < -0.4 is 15.1 Å². The molecule has 3 saturated heterocycles. The number of aliphatic carboxylic acids is 1. The quantitative estimate of drug-likeness (QED) is 0.245. The van der Waals surface area contributed by atoms with Gasteiger partial charge >= 0.3 is 5.97 Å². The van der Waals surface area contributed by atoms with Crippen molar-refractivity contribution in [2.45, 2.75) is 70.4 Å². The lowest BCUT2D eigenvalue weighted by molar-refractivity contribution is -0.137. The molecule has 4 aliphatic heterocycles. The van der Waals surface area contributed by atoms with Crippen LogP contribution in [0.15, 0.2) is 95.6 Å². The Balaban J connectivity index is 0.804. The molecule has 0 bridgehead atoms. The zero-order valence-electron chi connectivity index (χ0n) is 32.6. The number of nitrogens with zero attached hydrogens (tertiary/aromatic N) is 4. The Morgan fingerprint density at radius 2 is 1.46 bits per heavy atom. The summed E-state index contributed by atoms with van der Waals surface area (Å²) in [6, 6.07) is 25.3. The predicted octanol–water partition coefficient (Wildman–Crippen LogP) is 6.68. The lowest BCUT2D eigenvalue weighted by Crippen LogP contribution is -2.52. The number of benzene rings is 3. The van der Waals surface area contributed by atoms with E-state index in [1.807, 2.05) is 18.2 Å². The normalized spacial score (nSPS) is 22.3. The highest BCUT2D eigenvalue weighted by Gasteiger charge is 2.39. The molecule has 10 nitrogen and oxygen atoms in total. The Hall–Kier alpha value is -5.48. The highest BCUT2D eigenvalue weighted by atomic mass is 16.4. The van der Waals surface area contributed by atoms with Crippen molar-refractivity contribution in [1.29, 1.82) is 0 Å². The van der Waals surface area contributed by atoms with Crippen LogP contribution >= 0.6 is 0 Å². The number of hydrogen-bond acceptors (Lipinski definition) is 7. The number of imide groups is 1. The van der Waals surface area contributed by atoms with Gasteiger partial charge in [-0.1, -0.05) is 42.5 Å². The Morgan fingerprint density at radius 3 is 2.19 bits per heavy atom. The average Bonchev–Trinajstić information content (AvgIpc) is 3.43. The second-order valence-electron chi connectivity index (χ2n) is 16.6. The van der Waals surface area contributed by atoms with Crippen molar-refractivity contribution in [3.05, 3.63) is 118 Å².